The van der Waals surface area contributed by atoms with E-state index in [0.29, 0.717) is 17.8 Å². The first-order valence-corrected chi connectivity index (χ1v) is 13.1. The lowest BCUT2D eigenvalue weighted by atomic mass is 9.95. The molecule has 1 aromatic carbocycles. The molecular weight excluding hydrogens is 451 g/mol. The molecule has 4 rings (SSSR count). The van der Waals surface area contributed by atoms with Crippen molar-refractivity contribution >= 4 is 22.6 Å². The van der Waals surface area contributed by atoms with Gasteiger partial charge in [0, 0.05) is 25.0 Å². The average Bonchev–Trinajstić information content (AvgIpc) is 3.35. The van der Waals surface area contributed by atoms with Gasteiger partial charge in [-0.25, -0.2) is 9.18 Å². The number of carbonyl (C=O) groups excluding carboxylic acids is 1. The Morgan fingerprint density at radius 2 is 1.80 bits per heavy atom. The maximum absolute atomic E-state index is 15.2. The highest BCUT2D eigenvalue weighted by molar-refractivity contribution is 5.82. The summed E-state index contributed by atoms with van der Waals surface area (Å²) in [4.78, 5) is 38.7. The monoisotopic (exact) mass is 488 g/mol. The lowest BCUT2D eigenvalue weighted by Gasteiger charge is -2.25. The highest BCUT2D eigenvalue weighted by atomic mass is 19.1. The lowest BCUT2D eigenvalue weighted by molar-refractivity contribution is -0.144. The Hall–Kier alpha value is -2.84. The average molecular weight is 489 g/mol. The van der Waals surface area contributed by atoms with Crippen LogP contribution in [0.25, 0.3) is 10.9 Å². The number of nitrogens with zero attached hydrogens (tertiary/aromatic N) is 2. The first-order chi connectivity index (χ1) is 16.9. The van der Waals surface area contributed by atoms with Crippen LogP contribution in [0.2, 0.25) is 0 Å². The van der Waals surface area contributed by atoms with Crippen molar-refractivity contribution in [2.24, 2.45) is 5.92 Å². The molecule has 0 amide bonds. The molecule has 35 heavy (non-hydrogen) atoms. The third-order valence-electron chi connectivity index (χ3n) is 7.25. The number of carbonyl (C=O) groups is 1. The number of halogens is 1. The van der Waals surface area contributed by atoms with Crippen molar-refractivity contribution in [2.75, 3.05) is 23.9 Å². The summed E-state index contributed by atoms with van der Waals surface area (Å²) in [6, 6.07) is 3.07. The fourth-order valence-corrected chi connectivity index (χ4v) is 5.41. The van der Waals surface area contributed by atoms with Crippen molar-refractivity contribution in [2.45, 2.75) is 90.1 Å². The number of esters is 1. The summed E-state index contributed by atoms with van der Waals surface area (Å²) in [5, 5.41) is 3.50. The van der Waals surface area contributed by atoms with E-state index >= 15 is 4.39 Å². The third kappa shape index (κ3) is 5.70. The molecule has 1 unspecified atom stereocenters. The molecule has 2 N–H and O–H groups in total. The molecule has 0 aliphatic heterocycles. The fourth-order valence-electron chi connectivity index (χ4n) is 5.41. The zero-order chi connectivity index (χ0) is 24.9. The molecular formula is C26H37FN4O4. The fraction of sp³-hybridized carbons (Fsp3) is 0.654. The van der Waals surface area contributed by atoms with Crippen LogP contribution in [0.15, 0.2) is 21.7 Å². The van der Waals surface area contributed by atoms with E-state index in [9.17, 15) is 14.4 Å². The van der Waals surface area contributed by atoms with Crippen LogP contribution >= 0.6 is 0 Å². The lowest BCUT2D eigenvalue weighted by Crippen LogP contribution is -2.46. The highest BCUT2D eigenvalue weighted by Crippen LogP contribution is 2.32. The van der Waals surface area contributed by atoms with Gasteiger partial charge in [-0.05, 0) is 50.7 Å². The molecule has 2 aromatic rings. The van der Waals surface area contributed by atoms with Crippen LogP contribution in [0.5, 0.6) is 0 Å². The van der Waals surface area contributed by atoms with Gasteiger partial charge in [-0.3, -0.25) is 14.2 Å². The smallest absolute Gasteiger partial charge is 0.350 e. The summed E-state index contributed by atoms with van der Waals surface area (Å²) in [6.45, 7) is 4.12. The van der Waals surface area contributed by atoms with E-state index in [-0.39, 0.29) is 42.3 Å². The molecule has 2 aliphatic carbocycles. The number of benzene rings is 1. The summed E-state index contributed by atoms with van der Waals surface area (Å²) < 4.78 is 22.8. The zero-order valence-electron chi connectivity index (χ0n) is 20.8. The van der Waals surface area contributed by atoms with Crippen LogP contribution < -0.4 is 22.0 Å². The quantitative estimate of drug-likeness (QED) is 0.512. The Balaban J connectivity index is 1.70. The topological polar surface area (TPSA) is 94.4 Å². The van der Waals surface area contributed by atoms with Gasteiger partial charge in [-0.15, -0.1) is 0 Å². The van der Waals surface area contributed by atoms with Gasteiger partial charge in [-0.1, -0.05) is 39.0 Å². The number of ether oxygens (including phenoxy) is 1. The van der Waals surface area contributed by atoms with Crippen molar-refractivity contribution in [3.8, 4) is 0 Å². The first-order valence-electron chi connectivity index (χ1n) is 13.1. The summed E-state index contributed by atoms with van der Waals surface area (Å²) >= 11 is 0. The first kappa shape index (κ1) is 25.3. The minimum Gasteiger partial charge on any atom is -0.466 e. The maximum atomic E-state index is 15.2. The van der Waals surface area contributed by atoms with Gasteiger partial charge in [0.1, 0.15) is 5.82 Å². The van der Waals surface area contributed by atoms with Gasteiger partial charge in [0.15, 0.2) is 0 Å². The molecule has 0 radical (unpaired) electrons. The SMILES string of the molecule is CCOC(=O)CC(C)CNn1c(=O)c2cc(F)c(NC3CCCCC3)cc2n(C2CCCC2)c1=O. The molecule has 192 valence electrons. The Kier molecular flexibility index (Phi) is 8.13. The second-order valence-electron chi connectivity index (χ2n) is 10.0. The minimum absolute atomic E-state index is 0.0383. The molecule has 8 nitrogen and oxygen atoms in total. The standard InChI is InChI=1S/C26H37FN4O4/c1-3-35-24(32)13-17(2)16-28-31-25(33)20-14-21(27)22(29-18-9-5-4-6-10-18)15-23(20)30(26(31)34)19-11-7-8-12-19/h14-15,17-19,28-29H,3-13,16H2,1-2H3. The second kappa shape index (κ2) is 11.3. The maximum Gasteiger partial charge on any atom is 0.350 e. The van der Waals surface area contributed by atoms with Crippen LogP contribution in [0.4, 0.5) is 10.1 Å². The zero-order valence-corrected chi connectivity index (χ0v) is 20.8. The summed E-state index contributed by atoms with van der Waals surface area (Å²) in [5.41, 5.74) is 2.71. The van der Waals surface area contributed by atoms with E-state index in [1.54, 1.807) is 17.6 Å². The molecule has 9 heteroatoms. The molecule has 0 saturated heterocycles. The van der Waals surface area contributed by atoms with Crippen molar-refractivity contribution in [1.29, 1.82) is 0 Å². The normalized spacial score (nSPS) is 18.0. The van der Waals surface area contributed by atoms with E-state index < -0.39 is 17.1 Å². The number of rotatable bonds is 9. The molecule has 1 heterocycles. The minimum atomic E-state index is -0.578. The summed E-state index contributed by atoms with van der Waals surface area (Å²) in [6.07, 6.45) is 9.28. The van der Waals surface area contributed by atoms with E-state index in [2.05, 4.69) is 10.7 Å². The number of hydrogen-bond acceptors (Lipinski definition) is 6. The van der Waals surface area contributed by atoms with Gasteiger partial charge in [0.25, 0.3) is 5.56 Å². The highest BCUT2D eigenvalue weighted by Gasteiger charge is 2.25. The van der Waals surface area contributed by atoms with Gasteiger partial charge < -0.3 is 15.5 Å². The van der Waals surface area contributed by atoms with Crippen LogP contribution in [-0.2, 0) is 9.53 Å². The van der Waals surface area contributed by atoms with Crippen molar-refractivity contribution < 1.29 is 13.9 Å². The van der Waals surface area contributed by atoms with Gasteiger partial charge in [0.2, 0.25) is 0 Å². The van der Waals surface area contributed by atoms with Crippen molar-refractivity contribution in [1.82, 2.24) is 9.24 Å². The third-order valence-corrected chi connectivity index (χ3v) is 7.25. The van der Waals surface area contributed by atoms with Gasteiger partial charge in [-0.2, -0.15) is 4.68 Å². The van der Waals surface area contributed by atoms with Crippen LogP contribution in [0, 0.1) is 11.7 Å². The van der Waals surface area contributed by atoms with E-state index in [0.717, 1.165) is 56.0 Å². The number of fused-ring (bicyclic) bond motifs is 1. The molecule has 1 aromatic heterocycles. The van der Waals surface area contributed by atoms with Gasteiger partial charge in [0.05, 0.1) is 23.2 Å². The van der Waals surface area contributed by atoms with E-state index in [4.69, 9.17) is 4.74 Å². The summed E-state index contributed by atoms with van der Waals surface area (Å²) in [5.74, 6) is -0.968. The Morgan fingerprint density at radius 1 is 1.11 bits per heavy atom. The predicted octanol–water partition coefficient (Wildman–Crippen LogP) is 4.29. The summed E-state index contributed by atoms with van der Waals surface area (Å²) in [7, 11) is 0. The van der Waals surface area contributed by atoms with Crippen LogP contribution in [0.1, 0.15) is 84.1 Å². The second-order valence-corrected chi connectivity index (χ2v) is 10.0. The van der Waals surface area contributed by atoms with Crippen molar-refractivity contribution in [3.05, 3.63) is 38.8 Å². The number of nitrogens with one attached hydrogen (secondary N) is 2. The van der Waals surface area contributed by atoms with Crippen LogP contribution in [0.3, 0.4) is 0 Å². The molecule has 2 saturated carbocycles. The molecule has 2 aliphatic rings. The molecule has 0 spiro atoms. The van der Waals surface area contributed by atoms with Gasteiger partial charge >= 0.3 is 11.7 Å². The molecule has 0 bridgehead atoms. The van der Waals surface area contributed by atoms with Crippen LogP contribution in [-0.4, -0.2) is 34.4 Å². The molecule has 2 fully saturated rings. The Bertz CT molecular complexity index is 1160. The number of aromatic nitrogens is 2. The largest absolute Gasteiger partial charge is 0.466 e. The van der Waals surface area contributed by atoms with E-state index in [1.807, 2.05) is 6.92 Å². The predicted molar refractivity (Wildman–Crippen MR) is 135 cm³/mol. The van der Waals surface area contributed by atoms with E-state index in [1.165, 1.54) is 12.5 Å². The Morgan fingerprint density at radius 3 is 2.49 bits per heavy atom. The van der Waals surface area contributed by atoms with Crippen molar-refractivity contribution in [3.63, 3.8) is 0 Å². The Labute approximate surface area is 204 Å². The number of anilines is 1. The number of hydrogen-bond donors (Lipinski definition) is 2. The molecule has 1 atom stereocenters.